The summed E-state index contributed by atoms with van der Waals surface area (Å²) < 4.78 is 4.63. The van der Waals surface area contributed by atoms with Gasteiger partial charge in [0, 0.05) is 13.6 Å². The zero-order valence-corrected chi connectivity index (χ0v) is 11.0. The molecule has 1 amide bonds. The van der Waals surface area contributed by atoms with Gasteiger partial charge in [-0.25, -0.2) is 4.79 Å². The van der Waals surface area contributed by atoms with E-state index in [2.05, 4.69) is 21.9 Å². The lowest BCUT2D eigenvalue weighted by Crippen LogP contribution is -2.23. The van der Waals surface area contributed by atoms with Crippen molar-refractivity contribution >= 4 is 33.9 Å². The number of esters is 1. The van der Waals surface area contributed by atoms with Crippen molar-refractivity contribution in [1.82, 2.24) is 5.32 Å². The van der Waals surface area contributed by atoms with Crippen LogP contribution in [0.2, 0.25) is 0 Å². The Balaban J connectivity index is 3.15. The van der Waals surface area contributed by atoms with Gasteiger partial charge < -0.3 is 21.1 Å². The molecule has 1 rings (SSSR count). The van der Waals surface area contributed by atoms with Gasteiger partial charge in [-0.1, -0.05) is 6.08 Å². The first-order valence-corrected chi connectivity index (χ1v) is 5.95. The summed E-state index contributed by atoms with van der Waals surface area (Å²) in [6.07, 6.45) is 1.56. The SMILES string of the molecule is C=CCNC(=O)c1sc(NC)c(C(=O)OC)c1N. The second kappa shape index (κ2) is 6.06. The van der Waals surface area contributed by atoms with Crippen LogP contribution >= 0.6 is 11.3 Å². The summed E-state index contributed by atoms with van der Waals surface area (Å²) in [5.41, 5.74) is 6.12. The highest BCUT2D eigenvalue weighted by atomic mass is 32.1. The average Bonchev–Trinajstić information content (AvgIpc) is 2.72. The van der Waals surface area contributed by atoms with Crippen LogP contribution in [0.1, 0.15) is 20.0 Å². The van der Waals surface area contributed by atoms with E-state index in [0.29, 0.717) is 11.5 Å². The van der Waals surface area contributed by atoms with Gasteiger partial charge in [0.1, 0.15) is 15.4 Å². The van der Waals surface area contributed by atoms with Crippen LogP contribution in [0.15, 0.2) is 12.7 Å². The fraction of sp³-hybridized carbons (Fsp3) is 0.273. The lowest BCUT2D eigenvalue weighted by molar-refractivity contribution is 0.0603. The summed E-state index contributed by atoms with van der Waals surface area (Å²) in [4.78, 5) is 23.7. The molecule has 0 saturated heterocycles. The molecule has 0 radical (unpaired) electrons. The number of hydrogen-bond donors (Lipinski definition) is 3. The van der Waals surface area contributed by atoms with E-state index in [4.69, 9.17) is 5.73 Å². The van der Waals surface area contributed by atoms with Crippen molar-refractivity contribution < 1.29 is 14.3 Å². The van der Waals surface area contributed by atoms with Gasteiger partial charge in [-0.15, -0.1) is 17.9 Å². The molecule has 98 valence electrons. The molecule has 0 bridgehead atoms. The number of hydrogen-bond acceptors (Lipinski definition) is 6. The second-order valence-electron chi connectivity index (χ2n) is 3.29. The van der Waals surface area contributed by atoms with Crippen molar-refractivity contribution in [3.63, 3.8) is 0 Å². The molecule has 0 unspecified atom stereocenters. The second-order valence-corrected chi connectivity index (χ2v) is 4.31. The Kier molecular flexibility index (Phi) is 4.73. The van der Waals surface area contributed by atoms with E-state index in [1.54, 1.807) is 13.1 Å². The van der Waals surface area contributed by atoms with E-state index in [-0.39, 0.29) is 22.0 Å². The molecule has 4 N–H and O–H groups in total. The summed E-state index contributed by atoms with van der Waals surface area (Å²) in [5.74, 6) is -0.917. The van der Waals surface area contributed by atoms with Gasteiger partial charge in [-0.2, -0.15) is 0 Å². The van der Waals surface area contributed by atoms with Crippen LogP contribution in [0.5, 0.6) is 0 Å². The number of nitrogens with two attached hydrogens (primary N) is 1. The van der Waals surface area contributed by atoms with Gasteiger partial charge in [-0.3, -0.25) is 4.79 Å². The van der Waals surface area contributed by atoms with Crippen molar-refractivity contribution in [3.05, 3.63) is 23.1 Å². The third-order valence-electron chi connectivity index (χ3n) is 2.17. The van der Waals surface area contributed by atoms with Crippen molar-refractivity contribution in [3.8, 4) is 0 Å². The smallest absolute Gasteiger partial charge is 0.343 e. The predicted octanol–water partition coefficient (Wildman–Crippen LogP) is 1.07. The molecule has 0 atom stereocenters. The quantitative estimate of drug-likeness (QED) is 0.549. The van der Waals surface area contributed by atoms with Gasteiger partial charge in [0.15, 0.2) is 0 Å². The van der Waals surface area contributed by atoms with Gasteiger partial charge in [0.2, 0.25) is 0 Å². The van der Waals surface area contributed by atoms with Gasteiger partial charge in [-0.05, 0) is 0 Å². The van der Waals surface area contributed by atoms with Gasteiger partial charge >= 0.3 is 5.97 Å². The standard InChI is InChI=1S/C11H15N3O3S/c1-4-5-14-9(15)8-7(12)6(11(16)17-3)10(13-2)18-8/h4,13H,1,5,12H2,2-3H3,(H,14,15). The largest absolute Gasteiger partial charge is 0.465 e. The Labute approximate surface area is 109 Å². The van der Waals surface area contributed by atoms with Crippen LogP contribution < -0.4 is 16.4 Å². The molecule has 0 aliphatic heterocycles. The summed E-state index contributed by atoms with van der Waals surface area (Å²) in [7, 11) is 2.90. The van der Waals surface area contributed by atoms with Crippen LogP contribution in [0.3, 0.4) is 0 Å². The number of thiophene rings is 1. The van der Waals surface area contributed by atoms with Gasteiger partial charge in [0.05, 0.1) is 12.8 Å². The van der Waals surface area contributed by atoms with Crippen LogP contribution in [0.25, 0.3) is 0 Å². The molecule has 0 aliphatic carbocycles. The zero-order valence-electron chi connectivity index (χ0n) is 10.2. The van der Waals surface area contributed by atoms with Crippen LogP contribution in [0, 0.1) is 0 Å². The monoisotopic (exact) mass is 269 g/mol. The Morgan fingerprint density at radius 1 is 1.56 bits per heavy atom. The fourth-order valence-corrected chi connectivity index (χ4v) is 2.32. The van der Waals surface area contributed by atoms with Crippen LogP contribution in [-0.2, 0) is 4.74 Å². The molecular weight excluding hydrogens is 254 g/mol. The number of anilines is 2. The maximum atomic E-state index is 11.8. The Morgan fingerprint density at radius 2 is 2.22 bits per heavy atom. The maximum absolute atomic E-state index is 11.8. The van der Waals surface area contributed by atoms with E-state index in [0.717, 1.165) is 11.3 Å². The van der Waals surface area contributed by atoms with Crippen molar-refractivity contribution in [2.75, 3.05) is 31.8 Å². The Hall–Kier alpha value is -2.02. The molecule has 1 heterocycles. The molecule has 1 aromatic heterocycles. The highest BCUT2D eigenvalue weighted by Gasteiger charge is 2.25. The van der Waals surface area contributed by atoms with Crippen molar-refractivity contribution in [2.45, 2.75) is 0 Å². The fourth-order valence-electron chi connectivity index (χ4n) is 1.34. The normalized spacial score (nSPS) is 9.67. The number of amides is 1. The molecule has 0 spiro atoms. The van der Waals surface area contributed by atoms with Crippen LogP contribution in [0.4, 0.5) is 10.7 Å². The minimum atomic E-state index is -0.573. The predicted molar refractivity (Wildman–Crippen MR) is 72.1 cm³/mol. The molecule has 7 heteroatoms. The molecule has 18 heavy (non-hydrogen) atoms. The number of ether oxygens (including phenoxy) is 1. The first kappa shape index (κ1) is 14.0. The highest BCUT2D eigenvalue weighted by molar-refractivity contribution is 7.19. The zero-order chi connectivity index (χ0) is 13.7. The lowest BCUT2D eigenvalue weighted by Gasteiger charge is -2.02. The third kappa shape index (κ3) is 2.62. The number of carbonyl (C=O) groups is 2. The van der Waals surface area contributed by atoms with E-state index in [1.807, 2.05) is 0 Å². The highest BCUT2D eigenvalue weighted by Crippen LogP contribution is 2.35. The molecule has 0 fully saturated rings. The summed E-state index contributed by atoms with van der Waals surface area (Å²) in [6.45, 7) is 3.83. The molecular formula is C11H15N3O3S. The maximum Gasteiger partial charge on any atom is 0.343 e. The molecule has 6 nitrogen and oxygen atoms in total. The van der Waals surface area contributed by atoms with E-state index in [1.165, 1.54) is 7.11 Å². The third-order valence-corrected chi connectivity index (χ3v) is 3.40. The molecule has 0 saturated carbocycles. The van der Waals surface area contributed by atoms with Crippen molar-refractivity contribution in [2.24, 2.45) is 0 Å². The summed E-state index contributed by atoms with van der Waals surface area (Å²) in [5, 5.41) is 5.93. The average molecular weight is 269 g/mol. The Bertz CT molecular complexity index is 482. The first-order chi connectivity index (χ1) is 8.56. The van der Waals surface area contributed by atoms with Crippen LogP contribution in [-0.4, -0.2) is 32.6 Å². The number of carbonyl (C=O) groups excluding carboxylic acids is 2. The van der Waals surface area contributed by atoms with E-state index in [9.17, 15) is 9.59 Å². The van der Waals surface area contributed by atoms with E-state index >= 15 is 0 Å². The first-order valence-electron chi connectivity index (χ1n) is 5.14. The molecule has 1 aromatic rings. The minimum Gasteiger partial charge on any atom is -0.465 e. The number of methoxy groups -OCH3 is 1. The topological polar surface area (TPSA) is 93.5 Å². The summed E-state index contributed by atoms with van der Waals surface area (Å²) in [6, 6.07) is 0. The number of nitrogen functional groups attached to an aromatic ring is 1. The number of nitrogens with one attached hydrogen (secondary N) is 2. The van der Waals surface area contributed by atoms with Gasteiger partial charge in [0.25, 0.3) is 5.91 Å². The minimum absolute atomic E-state index is 0.123. The van der Waals surface area contributed by atoms with E-state index < -0.39 is 5.97 Å². The van der Waals surface area contributed by atoms with Crippen molar-refractivity contribution in [1.29, 1.82) is 0 Å². The number of rotatable bonds is 5. The Morgan fingerprint density at radius 3 is 2.72 bits per heavy atom. The summed E-state index contributed by atoms with van der Waals surface area (Å²) >= 11 is 1.11. The molecule has 0 aromatic carbocycles. The molecule has 0 aliphatic rings. The lowest BCUT2D eigenvalue weighted by atomic mass is 10.2.